The van der Waals surface area contributed by atoms with E-state index in [1.54, 1.807) is 0 Å². The van der Waals surface area contributed by atoms with E-state index in [4.69, 9.17) is 4.99 Å². The number of piperidine rings is 1. The first-order valence-electron chi connectivity index (χ1n) is 12.0. The third-order valence-electron chi connectivity index (χ3n) is 6.27. The Kier molecular flexibility index (Phi) is 12.0. The van der Waals surface area contributed by atoms with Gasteiger partial charge < -0.3 is 15.2 Å². The zero-order chi connectivity index (χ0) is 20.3. The van der Waals surface area contributed by atoms with Crippen LogP contribution in [0.15, 0.2) is 4.99 Å². The zero-order valence-electron chi connectivity index (χ0n) is 19.0. The Morgan fingerprint density at radius 2 is 1.93 bits per heavy atom. The monoisotopic (exact) mass is 531 g/mol. The molecule has 0 aliphatic carbocycles. The maximum Gasteiger partial charge on any atom is 0.191 e. The minimum atomic E-state index is 0. The van der Waals surface area contributed by atoms with Crippen molar-refractivity contribution in [1.82, 2.24) is 30.3 Å². The lowest BCUT2D eigenvalue weighted by Gasteiger charge is -2.35. The predicted octanol–water partition coefficient (Wildman–Crippen LogP) is 3.37. The number of fused-ring (bicyclic) bond motifs is 1. The topological polar surface area (TPSA) is 70.4 Å². The van der Waals surface area contributed by atoms with Crippen LogP contribution in [-0.4, -0.2) is 64.4 Å². The Morgan fingerprint density at radius 1 is 1.07 bits per heavy atom. The first-order chi connectivity index (χ1) is 14.3. The summed E-state index contributed by atoms with van der Waals surface area (Å²) >= 11 is 0. The molecule has 30 heavy (non-hydrogen) atoms. The molecule has 1 atom stereocenters. The van der Waals surface area contributed by atoms with Crippen LogP contribution in [0.2, 0.25) is 0 Å². The normalized spacial score (nSPS) is 20.2. The molecule has 172 valence electrons. The average Bonchev–Trinajstić information content (AvgIpc) is 2.97. The molecule has 3 heterocycles. The van der Waals surface area contributed by atoms with Crippen LogP contribution in [0, 0.1) is 0 Å². The molecule has 1 fully saturated rings. The van der Waals surface area contributed by atoms with E-state index < -0.39 is 0 Å². The maximum atomic E-state index is 4.78. The summed E-state index contributed by atoms with van der Waals surface area (Å²) in [5, 5.41) is 15.8. The Morgan fingerprint density at radius 3 is 2.77 bits per heavy atom. The Labute approximate surface area is 199 Å². The van der Waals surface area contributed by atoms with E-state index >= 15 is 0 Å². The van der Waals surface area contributed by atoms with Crippen molar-refractivity contribution >= 4 is 29.9 Å². The van der Waals surface area contributed by atoms with E-state index in [9.17, 15) is 0 Å². The van der Waals surface area contributed by atoms with Crippen molar-refractivity contribution in [3.05, 3.63) is 11.6 Å². The van der Waals surface area contributed by atoms with Gasteiger partial charge in [0.25, 0.3) is 0 Å². The van der Waals surface area contributed by atoms with E-state index in [1.165, 1.54) is 57.3 Å². The highest BCUT2D eigenvalue weighted by Crippen LogP contribution is 2.18. The van der Waals surface area contributed by atoms with Crippen LogP contribution in [0.5, 0.6) is 0 Å². The molecular formula is C22H42IN7. The van der Waals surface area contributed by atoms with Crippen molar-refractivity contribution in [3.8, 4) is 0 Å². The molecule has 8 heteroatoms. The van der Waals surface area contributed by atoms with Crippen LogP contribution < -0.4 is 10.6 Å². The van der Waals surface area contributed by atoms with Crippen LogP contribution in [0.1, 0.15) is 76.9 Å². The van der Waals surface area contributed by atoms with Gasteiger partial charge in [0.1, 0.15) is 11.6 Å². The zero-order valence-corrected chi connectivity index (χ0v) is 21.4. The summed E-state index contributed by atoms with van der Waals surface area (Å²) in [6, 6.07) is 0.767. The number of nitrogens with one attached hydrogen (secondary N) is 2. The number of hydrogen-bond donors (Lipinski definition) is 2. The molecule has 3 rings (SSSR count). The fourth-order valence-electron chi connectivity index (χ4n) is 4.63. The molecule has 1 saturated heterocycles. The first kappa shape index (κ1) is 25.4. The Bertz CT molecular complexity index is 631. The van der Waals surface area contributed by atoms with Crippen molar-refractivity contribution in [3.63, 3.8) is 0 Å². The van der Waals surface area contributed by atoms with Crippen molar-refractivity contribution in [2.45, 2.75) is 90.6 Å². The number of hydrogen-bond acceptors (Lipinski definition) is 4. The van der Waals surface area contributed by atoms with Gasteiger partial charge in [-0.05, 0) is 52.0 Å². The predicted molar refractivity (Wildman–Crippen MR) is 135 cm³/mol. The molecule has 2 aliphatic heterocycles. The second kappa shape index (κ2) is 14.2. The second-order valence-electron chi connectivity index (χ2n) is 8.38. The van der Waals surface area contributed by atoms with Crippen molar-refractivity contribution in [2.24, 2.45) is 4.99 Å². The van der Waals surface area contributed by atoms with E-state index in [0.717, 1.165) is 69.8 Å². The second-order valence-corrected chi connectivity index (χ2v) is 8.38. The van der Waals surface area contributed by atoms with E-state index in [-0.39, 0.29) is 24.0 Å². The van der Waals surface area contributed by atoms with Gasteiger partial charge in [-0.3, -0.25) is 9.89 Å². The SMILES string of the molecule is CCNC(=NCCCc1nnc2n1CCCCC2)NCCN1CCCCC1CC.I. The molecule has 1 aromatic rings. The summed E-state index contributed by atoms with van der Waals surface area (Å²) in [5.74, 6) is 3.27. The highest BCUT2D eigenvalue weighted by Gasteiger charge is 2.20. The Hall–Kier alpha value is -0.900. The number of aryl methyl sites for hydroxylation is 2. The summed E-state index contributed by atoms with van der Waals surface area (Å²) in [6.07, 6.45) is 12.2. The number of aromatic nitrogens is 3. The van der Waals surface area contributed by atoms with Crippen LogP contribution in [0.4, 0.5) is 0 Å². The standard InChI is InChI=1S/C22H41N7.HI/c1-3-19-11-7-9-16-28(19)18-15-25-22(23-4-2)24-14-10-13-21-27-26-20-12-6-5-8-17-29(20)21;/h19H,3-18H2,1-2H3,(H2,23,24,25);1H. The lowest BCUT2D eigenvalue weighted by atomic mass is 10.0. The summed E-state index contributed by atoms with van der Waals surface area (Å²) in [4.78, 5) is 7.43. The van der Waals surface area contributed by atoms with Gasteiger partial charge in [0.15, 0.2) is 5.96 Å². The largest absolute Gasteiger partial charge is 0.357 e. The van der Waals surface area contributed by atoms with Gasteiger partial charge in [-0.25, -0.2) is 0 Å². The lowest BCUT2D eigenvalue weighted by Crippen LogP contribution is -2.46. The van der Waals surface area contributed by atoms with E-state index in [2.05, 4.69) is 44.1 Å². The van der Waals surface area contributed by atoms with Crippen LogP contribution in [0.3, 0.4) is 0 Å². The number of guanidine groups is 1. The summed E-state index contributed by atoms with van der Waals surface area (Å²) in [5.41, 5.74) is 0. The Balaban J connectivity index is 0.00000320. The van der Waals surface area contributed by atoms with Gasteiger partial charge in [-0.1, -0.05) is 19.8 Å². The van der Waals surface area contributed by atoms with E-state index in [1.807, 2.05) is 0 Å². The van der Waals surface area contributed by atoms with Gasteiger partial charge in [0.05, 0.1) is 0 Å². The molecule has 2 aliphatic rings. The first-order valence-corrected chi connectivity index (χ1v) is 12.0. The minimum absolute atomic E-state index is 0. The summed E-state index contributed by atoms with van der Waals surface area (Å²) in [6.45, 7) is 10.5. The highest BCUT2D eigenvalue weighted by atomic mass is 127. The third-order valence-corrected chi connectivity index (χ3v) is 6.27. The van der Waals surface area contributed by atoms with Gasteiger partial charge >= 0.3 is 0 Å². The number of aliphatic imine (C=N–C) groups is 1. The van der Waals surface area contributed by atoms with Crippen LogP contribution in [-0.2, 0) is 19.4 Å². The van der Waals surface area contributed by atoms with Gasteiger partial charge in [-0.2, -0.15) is 0 Å². The molecular weight excluding hydrogens is 489 g/mol. The molecule has 0 saturated carbocycles. The smallest absolute Gasteiger partial charge is 0.191 e. The highest BCUT2D eigenvalue weighted by molar-refractivity contribution is 14.0. The quantitative estimate of drug-likeness (QED) is 0.221. The molecule has 0 amide bonds. The van der Waals surface area contributed by atoms with Crippen molar-refractivity contribution < 1.29 is 0 Å². The van der Waals surface area contributed by atoms with Crippen molar-refractivity contribution in [1.29, 1.82) is 0 Å². The number of rotatable bonds is 9. The van der Waals surface area contributed by atoms with Gasteiger partial charge in [0.2, 0.25) is 0 Å². The molecule has 1 aromatic heterocycles. The molecule has 0 spiro atoms. The fourth-order valence-corrected chi connectivity index (χ4v) is 4.63. The lowest BCUT2D eigenvalue weighted by molar-refractivity contribution is 0.147. The van der Waals surface area contributed by atoms with Crippen LogP contribution >= 0.6 is 24.0 Å². The van der Waals surface area contributed by atoms with Crippen molar-refractivity contribution in [2.75, 3.05) is 32.7 Å². The maximum absolute atomic E-state index is 4.78. The molecule has 2 N–H and O–H groups in total. The molecule has 0 bridgehead atoms. The van der Waals surface area contributed by atoms with E-state index in [0.29, 0.717) is 0 Å². The van der Waals surface area contributed by atoms with Gasteiger partial charge in [-0.15, -0.1) is 34.2 Å². The van der Waals surface area contributed by atoms with Crippen LogP contribution in [0.25, 0.3) is 0 Å². The third kappa shape index (κ3) is 7.66. The fraction of sp³-hybridized carbons (Fsp3) is 0.864. The molecule has 0 aromatic carbocycles. The minimum Gasteiger partial charge on any atom is -0.357 e. The van der Waals surface area contributed by atoms with Gasteiger partial charge in [0, 0.05) is 51.6 Å². The molecule has 1 unspecified atom stereocenters. The number of nitrogens with zero attached hydrogens (tertiary/aromatic N) is 5. The molecule has 7 nitrogen and oxygen atoms in total. The molecule has 0 radical (unpaired) electrons. The summed E-state index contributed by atoms with van der Waals surface area (Å²) in [7, 11) is 0. The average molecular weight is 532 g/mol. The number of likely N-dealkylation sites (tertiary alicyclic amines) is 1. The number of halogens is 1. The summed E-state index contributed by atoms with van der Waals surface area (Å²) < 4.78 is 2.35.